The number of nitrogens with one attached hydrogen (secondary N) is 1. The number of nitrogens with two attached hydrogens (primary N) is 1. The van der Waals surface area contributed by atoms with E-state index in [9.17, 15) is 4.79 Å². The Kier molecular flexibility index (Phi) is 7.43. The van der Waals surface area contributed by atoms with Gasteiger partial charge in [-0.3, -0.25) is 4.79 Å². The number of rotatable bonds is 6. The molecule has 2 aromatic carbocycles. The molecular weight excluding hydrogens is 300 g/mol. The molecule has 0 spiro atoms. The number of anilines is 1. The molecule has 0 saturated carbocycles. The van der Waals surface area contributed by atoms with Crippen LogP contribution in [0.1, 0.15) is 23.6 Å². The van der Waals surface area contributed by atoms with Gasteiger partial charge >= 0.3 is 5.97 Å². The van der Waals surface area contributed by atoms with Crippen LogP contribution in [0, 0.1) is 0 Å². The van der Waals surface area contributed by atoms with Crippen molar-refractivity contribution in [2.24, 2.45) is 5.73 Å². The van der Waals surface area contributed by atoms with Gasteiger partial charge in [0.1, 0.15) is 0 Å². The first-order valence-electron chi connectivity index (χ1n) is 6.89. The number of hydrogen-bond donors (Lipinski definition) is 2. The van der Waals surface area contributed by atoms with Crippen molar-refractivity contribution < 1.29 is 9.53 Å². The molecule has 0 radical (unpaired) electrons. The summed E-state index contributed by atoms with van der Waals surface area (Å²) in [6.45, 7) is 0.772. The van der Waals surface area contributed by atoms with Crippen LogP contribution in [0.25, 0.3) is 0 Å². The predicted octanol–water partition coefficient (Wildman–Crippen LogP) is 3.28. The quantitative estimate of drug-likeness (QED) is 0.802. The molecule has 0 aliphatic rings. The Bertz CT molecular complexity index is 573. The van der Waals surface area contributed by atoms with Crippen molar-refractivity contribution in [3.05, 3.63) is 65.7 Å². The highest BCUT2D eigenvalue weighted by molar-refractivity contribution is 5.85. The Hall–Kier alpha value is -2.04. The molecule has 118 valence electrons. The van der Waals surface area contributed by atoms with Crippen molar-refractivity contribution in [1.82, 2.24) is 0 Å². The number of carbonyl (C=O) groups excluding carboxylic acids is 1. The molecule has 5 heteroatoms. The molecule has 0 amide bonds. The third-order valence-electron chi connectivity index (χ3n) is 3.29. The zero-order valence-electron chi connectivity index (χ0n) is 12.5. The number of hydrogen-bond acceptors (Lipinski definition) is 4. The number of esters is 1. The number of methoxy groups -OCH3 is 1. The Morgan fingerprint density at radius 2 is 1.77 bits per heavy atom. The Balaban J connectivity index is 0.00000242. The molecule has 1 atom stereocenters. The van der Waals surface area contributed by atoms with Crippen LogP contribution >= 0.6 is 12.4 Å². The number of benzene rings is 2. The lowest BCUT2D eigenvalue weighted by Gasteiger charge is -2.12. The fourth-order valence-corrected chi connectivity index (χ4v) is 2.03. The lowest BCUT2D eigenvalue weighted by Crippen LogP contribution is -2.16. The highest BCUT2D eigenvalue weighted by Gasteiger charge is 2.11. The van der Waals surface area contributed by atoms with Gasteiger partial charge in [0.2, 0.25) is 0 Å². The molecule has 0 aromatic heterocycles. The van der Waals surface area contributed by atoms with Gasteiger partial charge in [0.15, 0.2) is 0 Å². The molecule has 22 heavy (non-hydrogen) atoms. The maximum absolute atomic E-state index is 11.2. The zero-order chi connectivity index (χ0) is 15.1. The van der Waals surface area contributed by atoms with Crippen LogP contribution in [0.5, 0.6) is 0 Å². The summed E-state index contributed by atoms with van der Waals surface area (Å²) in [5.41, 5.74) is 9.13. The van der Waals surface area contributed by atoms with Gasteiger partial charge in [0.05, 0.1) is 13.5 Å². The number of ether oxygens (including phenoxy) is 1. The summed E-state index contributed by atoms with van der Waals surface area (Å²) in [5.74, 6) is -0.297. The van der Waals surface area contributed by atoms with E-state index in [1.807, 2.05) is 42.5 Å². The molecule has 0 unspecified atom stereocenters. The zero-order valence-corrected chi connectivity index (χ0v) is 13.3. The van der Waals surface area contributed by atoms with E-state index in [2.05, 4.69) is 22.2 Å². The smallest absolute Gasteiger partial charge is 0.307 e. The molecule has 3 N–H and O–H groups in total. The topological polar surface area (TPSA) is 64.3 Å². The molecule has 0 aliphatic carbocycles. The molecule has 0 saturated heterocycles. The second kappa shape index (κ2) is 9.07. The van der Waals surface area contributed by atoms with Crippen molar-refractivity contribution >= 4 is 24.1 Å². The lowest BCUT2D eigenvalue weighted by molar-refractivity contribution is -0.141. The summed E-state index contributed by atoms with van der Waals surface area (Å²) in [4.78, 5) is 11.2. The van der Waals surface area contributed by atoms with E-state index < -0.39 is 0 Å². The third-order valence-corrected chi connectivity index (χ3v) is 3.29. The van der Waals surface area contributed by atoms with Gasteiger partial charge in [-0.1, -0.05) is 42.5 Å². The van der Waals surface area contributed by atoms with E-state index in [-0.39, 0.29) is 30.8 Å². The molecule has 0 aliphatic heterocycles. The standard InChI is InChI=1S/C17H20N2O2.ClH/c1-21-17(20)11-16(18)14-7-9-15(10-8-14)19-12-13-5-3-2-4-6-13;/h2-10,16,19H,11-12,18H2,1H3;1H/t16-;/m1./s1. The average Bonchev–Trinajstić information content (AvgIpc) is 2.54. The first-order valence-corrected chi connectivity index (χ1v) is 6.89. The van der Waals surface area contributed by atoms with Crippen molar-refractivity contribution in [1.29, 1.82) is 0 Å². The maximum Gasteiger partial charge on any atom is 0.307 e. The van der Waals surface area contributed by atoms with Crippen molar-refractivity contribution in [3.8, 4) is 0 Å². The normalized spacial score (nSPS) is 11.2. The molecule has 0 bridgehead atoms. The highest BCUT2D eigenvalue weighted by atomic mass is 35.5. The Morgan fingerprint density at radius 1 is 1.14 bits per heavy atom. The van der Waals surface area contributed by atoms with Gasteiger partial charge in [0, 0.05) is 18.3 Å². The summed E-state index contributed by atoms with van der Waals surface area (Å²) in [6.07, 6.45) is 0.188. The van der Waals surface area contributed by atoms with Gasteiger partial charge in [-0.15, -0.1) is 12.4 Å². The van der Waals surface area contributed by atoms with Crippen molar-refractivity contribution in [2.45, 2.75) is 19.0 Å². The van der Waals surface area contributed by atoms with Crippen LogP contribution in [-0.2, 0) is 16.1 Å². The molecule has 0 heterocycles. The van der Waals surface area contributed by atoms with Crippen LogP contribution < -0.4 is 11.1 Å². The molecule has 2 aromatic rings. The molecule has 2 rings (SSSR count). The van der Waals surface area contributed by atoms with Crippen molar-refractivity contribution in [3.63, 3.8) is 0 Å². The van der Waals surface area contributed by atoms with Gasteiger partial charge in [-0.25, -0.2) is 0 Å². The lowest BCUT2D eigenvalue weighted by atomic mass is 10.0. The molecular formula is C17H21ClN2O2. The summed E-state index contributed by atoms with van der Waals surface area (Å²) in [6, 6.07) is 17.7. The van der Waals surface area contributed by atoms with Crippen LogP contribution in [0.2, 0.25) is 0 Å². The fourth-order valence-electron chi connectivity index (χ4n) is 2.03. The SMILES string of the molecule is COC(=O)C[C@@H](N)c1ccc(NCc2ccccc2)cc1.Cl. The van der Waals surface area contributed by atoms with Gasteiger partial charge < -0.3 is 15.8 Å². The van der Waals surface area contributed by atoms with Crippen LogP contribution in [0.3, 0.4) is 0 Å². The van der Waals surface area contributed by atoms with E-state index >= 15 is 0 Å². The predicted molar refractivity (Wildman–Crippen MR) is 91.0 cm³/mol. The van der Waals surface area contributed by atoms with Crippen LogP contribution in [0.4, 0.5) is 5.69 Å². The van der Waals surface area contributed by atoms with Gasteiger partial charge in [0.25, 0.3) is 0 Å². The average molecular weight is 321 g/mol. The van der Waals surface area contributed by atoms with Crippen LogP contribution in [-0.4, -0.2) is 13.1 Å². The van der Waals surface area contributed by atoms with Crippen molar-refractivity contribution in [2.75, 3.05) is 12.4 Å². The molecule has 4 nitrogen and oxygen atoms in total. The summed E-state index contributed by atoms with van der Waals surface area (Å²) < 4.78 is 4.62. The molecule has 0 fully saturated rings. The first-order chi connectivity index (χ1) is 10.2. The largest absolute Gasteiger partial charge is 0.469 e. The highest BCUT2D eigenvalue weighted by Crippen LogP contribution is 2.18. The fraction of sp³-hybridized carbons (Fsp3) is 0.235. The number of carbonyl (C=O) groups is 1. The van der Waals surface area contributed by atoms with E-state index in [1.54, 1.807) is 0 Å². The van der Waals surface area contributed by atoms with E-state index in [0.717, 1.165) is 17.8 Å². The van der Waals surface area contributed by atoms with Gasteiger partial charge in [-0.05, 0) is 23.3 Å². The Morgan fingerprint density at radius 3 is 2.36 bits per heavy atom. The third kappa shape index (κ3) is 5.39. The van der Waals surface area contributed by atoms with E-state index in [0.29, 0.717) is 0 Å². The van der Waals surface area contributed by atoms with E-state index in [1.165, 1.54) is 12.7 Å². The van der Waals surface area contributed by atoms with Gasteiger partial charge in [-0.2, -0.15) is 0 Å². The van der Waals surface area contributed by atoms with Crippen LogP contribution in [0.15, 0.2) is 54.6 Å². The first kappa shape index (κ1) is 18.0. The Labute approximate surface area is 137 Å². The summed E-state index contributed by atoms with van der Waals surface area (Å²) >= 11 is 0. The second-order valence-electron chi connectivity index (χ2n) is 4.85. The van der Waals surface area contributed by atoms with E-state index in [4.69, 9.17) is 5.73 Å². The monoisotopic (exact) mass is 320 g/mol. The maximum atomic E-state index is 11.2. The summed E-state index contributed by atoms with van der Waals surface area (Å²) in [5, 5.41) is 3.35. The minimum atomic E-state index is -0.333. The number of halogens is 1. The second-order valence-corrected chi connectivity index (χ2v) is 4.85. The minimum absolute atomic E-state index is 0. The summed E-state index contributed by atoms with van der Waals surface area (Å²) in [7, 11) is 1.37. The minimum Gasteiger partial charge on any atom is -0.469 e.